The molecule has 1 unspecified atom stereocenters. The van der Waals surface area contributed by atoms with Gasteiger partial charge < -0.3 is 0 Å². The Balaban J connectivity index is 3.19. The summed E-state index contributed by atoms with van der Waals surface area (Å²) in [5.41, 5.74) is 2.49. The number of aryl methyl sites for hydroxylation is 1. The summed E-state index contributed by atoms with van der Waals surface area (Å²) in [6.45, 7) is 3.73. The number of nitrogens with zero attached hydrogens (tertiary/aromatic N) is 1. The Morgan fingerprint density at radius 3 is 2.80 bits per heavy atom. The minimum absolute atomic E-state index is 0.0314. The number of carbonyl (C=O) groups is 1. The Morgan fingerprint density at radius 1 is 1.60 bits per heavy atom. The van der Waals surface area contributed by atoms with Gasteiger partial charge in [0.1, 0.15) is 0 Å². The van der Waals surface area contributed by atoms with Crippen LogP contribution in [0.4, 0.5) is 0 Å². The molecule has 0 radical (unpaired) electrons. The molecular weight excluding hydrogens is 254 g/mol. The number of hydrogen-bond donors (Lipinski definition) is 0. The summed E-state index contributed by atoms with van der Waals surface area (Å²) in [5.74, 6) is 0.0314. The normalized spacial score (nSPS) is 11.9. The molecule has 1 rings (SSSR count). The summed E-state index contributed by atoms with van der Waals surface area (Å²) >= 11 is 3.25. The van der Waals surface area contributed by atoms with Crippen LogP contribution in [0.2, 0.25) is 0 Å². The molecule has 0 saturated carbocycles. The topological polar surface area (TPSA) is 40.9 Å². The molecule has 0 aromatic heterocycles. The third kappa shape index (κ3) is 2.90. The molecule has 3 heteroatoms. The number of hydrogen-bond acceptors (Lipinski definition) is 2. The van der Waals surface area contributed by atoms with E-state index in [-0.39, 0.29) is 17.0 Å². The first-order valence-corrected chi connectivity index (χ1v) is 5.62. The molecule has 0 aliphatic carbocycles. The number of Topliss-reactive ketones (excluding diaryl/α,β-unsaturated/α-hetero) is 1. The van der Waals surface area contributed by atoms with Crippen LogP contribution in [0.15, 0.2) is 18.2 Å². The van der Waals surface area contributed by atoms with Crippen molar-refractivity contribution < 1.29 is 4.79 Å². The number of alkyl halides is 1. The fraction of sp³-hybridized carbons (Fsp3) is 0.333. The predicted octanol–water partition coefficient (Wildman–Crippen LogP) is 3.03. The summed E-state index contributed by atoms with van der Waals surface area (Å²) < 4.78 is 0. The smallest absolute Gasteiger partial charge is 0.176 e. The summed E-state index contributed by atoms with van der Waals surface area (Å²) in [7, 11) is 0. The lowest BCUT2D eigenvalue weighted by atomic mass is 9.98. The van der Waals surface area contributed by atoms with E-state index in [0.29, 0.717) is 5.56 Å². The molecule has 2 nitrogen and oxygen atoms in total. The molecular formula is C12H12BrNO. The van der Waals surface area contributed by atoms with Crippen molar-refractivity contribution in [1.82, 2.24) is 0 Å². The Labute approximate surface area is 98.0 Å². The molecule has 78 valence electrons. The lowest BCUT2D eigenvalue weighted by molar-refractivity contribution is 0.0995. The second-order valence-corrected chi connectivity index (χ2v) is 4.85. The van der Waals surface area contributed by atoms with E-state index in [0.717, 1.165) is 11.1 Å². The fourth-order valence-electron chi connectivity index (χ4n) is 1.37. The van der Waals surface area contributed by atoms with Crippen LogP contribution in [-0.4, -0.2) is 10.6 Å². The van der Waals surface area contributed by atoms with E-state index >= 15 is 0 Å². The average molecular weight is 266 g/mol. The van der Waals surface area contributed by atoms with Gasteiger partial charge in [-0.3, -0.25) is 4.79 Å². The third-order valence-electron chi connectivity index (χ3n) is 2.16. The summed E-state index contributed by atoms with van der Waals surface area (Å²) in [6.07, 6.45) is 0.279. The van der Waals surface area contributed by atoms with E-state index in [4.69, 9.17) is 5.26 Å². The predicted molar refractivity (Wildman–Crippen MR) is 63.2 cm³/mol. The SMILES string of the molecule is Cc1ccc(CC#N)c(C(=O)C(C)Br)c1. The van der Waals surface area contributed by atoms with Crippen molar-refractivity contribution in [3.8, 4) is 6.07 Å². The van der Waals surface area contributed by atoms with Crippen molar-refractivity contribution in [1.29, 1.82) is 5.26 Å². The summed E-state index contributed by atoms with van der Waals surface area (Å²) in [6, 6.07) is 7.68. The van der Waals surface area contributed by atoms with Crippen LogP contribution in [0.3, 0.4) is 0 Å². The zero-order valence-electron chi connectivity index (χ0n) is 8.75. The zero-order chi connectivity index (χ0) is 11.4. The first-order valence-electron chi connectivity index (χ1n) is 4.71. The van der Waals surface area contributed by atoms with Crippen molar-refractivity contribution in [3.63, 3.8) is 0 Å². The van der Waals surface area contributed by atoms with Crippen LogP contribution >= 0.6 is 15.9 Å². The van der Waals surface area contributed by atoms with Crippen LogP contribution in [0.1, 0.15) is 28.4 Å². The van der Waals surface area contributed by atoms with Gasteiger partial charge in [0, 0.05) is 5.56 Å². The van der Waals surface area contributed by atoms with Crippen LogP contribution in [0, 0.1) is 18.3 Å². The van der Waals surface area contributed by atoms with E-state index in [1.54, 1.807) is 6.92 Å². The molecule has 1 atom stereocenters. The lowest BCUT2D eigenvalue weighted by Crippen LogP contribution is -2.12. The standard InChI is InChI=1S/C12H12BrNO/c1-8-3-4-10(5-6-14)11(7-8)12(15)9(2)13/h3-4,7,9H,5H2,1-2H3. The highest BCUT2D eigenvalue weighted by Crippen LogP contribution is 2.17. The van der Waals surface area contributed by atoms with Gasteiger partial charge in [0.2, 0.25) is 0 Å². The third-order valence-corrected chi connectivity index (χ3v) is 2.58. The number of halogens is 1. The van der Waals surface area contributed by atoms with Gasteiger partial charge in [-0.1, -0.05) is 33.6 Å². The minimum atomic E-state index is -0.211. The van der Waals surface area contributed by atoms with Crippen molar-refractivity contribution in [2.24, 2.45) is 0 Å². The second kappa shape index (κ2) is 5.09. The van der Waals surface area contributed by atoms with Gasteiger partial charge in [0.15, 0.2) is 5.78 Å². The molecule has 1 aromatic carbocycles. The van der Waals surface area contributed by atoms with E-state index in [1.807, 2.05) is 25.1 Å². The maximum absolute atomic E-state index is 11.8. The Kier molecular flexibility index (Phi) is 4.05. The molecule has 0 amide bonds. The molecule has 0 fully saturated rings. The molecule has 0 spiro atoms. The highest BCUT2D eigenvalue weighted by atomic mass is 79.9. The molecule has 15 heavy (non-hydrogen) atoms. The van der Waals surface area contributed by atoms with E-state index in [9.17, 15) is 4.79 Å². The van der Waals surface area contributed by atoms with E-state index < -0.39 is 0 Å². The average Bonchev–Trinajstić information content (AvgIpc) is 2.20. The largest absolute Gasteiger partial charge is 0.293 e. The molecule has 0 aliphatic rings. The Hall–Kier alpha value is -1.14. The van der Waals surface area contributed by atoms with Gasteiger partial charge >= 0.3 is 0 Å². The van der Waals surface area contributed by atoms with Crippen molar-refractivity contribution in [2.75, 3.05) is 0 Å². The Morgan fingerprint density at radius 2 is 2.27 bits per heavy atom. The monoisotopic (exact) mass is 265 g/mol. The van der Waals surface area contributed by atoms with Crippen LogP contribution < -0.4 is 0 Å². The van der Waals surface area contributed by atoms with Gasteiger partial charge in [-0.2, -0.15) is 5.26 Å². The molecule has 0 N–H and O–H groups in total. The first-order chi connectivity index (χ1) is 7.06. The fourth-order valence-corrected chi connectivity index (χ4v) is 1.62. The zero-order valence-corrected chi connectivity index (χ0v) is 10.3. The van der Waals surface area contributed by atoms with Crippen LogP contribution in [0.25, 0.3) is 0 Å². The molecule has 0 aliphatic heterocycles. The molecule has 1 aromatic rings. The van der Waals surface area contributed by atoms with Gasteiger partial charge in [-0.05, 0) is 25.5 Å². The van der Waals surface area contributed by atoms with E-state index in [1.165, 1.54) is 0 Å². The van der Waals surface area contributed by atoms with Gasteiger partial charge in [-0.15, -0.1) is 0 Å². The second-order valence-electron chi connectivity index (χ2n) is 3.48. The maximum atomic E-state index is 11.8. The first kappa shape index (κ1) is 11.9. The number of ketones is 1. The number of rotatable bonds is 3. The van der Waals surface area contributed by atoms with E-state index in [2.05, 4.69) is 22.0 Å². The highest BCUT2D eigenvalue weighted by molar-refractivity contribution is 9.10. The number of carbonyl (C=O) groups excluding carboxylic acids is 1. The quantitative estimate of drug-likeness (QED) is 0.623. The van der Waals surface area contributed by atoms with Gasteiger partial charge in [0.05, 0.1) is 17.3 Å². The number of nitriles is 1. The lowest BCUT2D eigenvalue weighted by Gasteiger charge is -2.08. The summed E-state index contributed by atoms with van der Waals surface area (Å²) in [5, 5.41) is 8.66. The molecule has 0 bridgehead atoms. The van der Waals surface area contributed by atoms with Crippen LogP contribution in [-0.2, 0) is 6.42 Å². The van der Waals surface area contributed by atoms with Crippen molar-refractivity contribution in [3.05, 3.63) is 34.9 Å². The Bertz CT molecular complexity index is 418. The highest BCUT2D eigenvalue weighted by Gasteiger charge is 2.15. The molecule has 0 heterocycles. The maximum Gasteiger partial charge on any atom is 0.176 e. The van der Waals surface area contributed by atoms with Gasteiger partial charge in [-0.25, -0.2) is 0 Å². The van der Waals surface area contributed by atoms with Gasteiger partial charge in [0.25, 0.3) is 0 Å². The van der Waals surface area contributed by atoms with Crippen LogP contribution in [0.5, 0.6) is 0 Å². The van der Waals surface area contributed by atoms with Crippen molar-refractivity contribution >= 4 is 21.7 Å². The van der Waals surface area contributed by atoms with Crippen molar-refractivity contribution in [2.45, 2.75) is 25.1 Å². The minimum Gasteiger partial charge on any atom is -0.293 e. The summed E-state index contributed by atoms with van der Waals surface area (Å²) in [4.78, 5) is 11.6. The number of benzene rings is 1. The molecule has 0 saturated heterocycles.